The molecule has 2 N–H and O–H groups in total. The topological polar surface area (TPSA) is 44.4 Å². The van der Waals surface area contributed by atoms with E-state index in [2.05, 4.69) is 10.6 Å². The molecule has 2 aliphatic heterocycles. The molecule has 0 radical (unpaired) electrons. The molecule has 6 heteroatoms. The Morgan fingerprint density at radius 3 is 2.62 bits per heavy atom. The van der Waals surface area contributed by atoms with Crippen molar-refractivity contribution in [2.24, 2.45) is 0 Å². The lowest BCUT2D eigenvalue weighted by atomic mass is 9.86. The second kappa shape index (κ2) is 5.26. The number of benzene rings is 1. The van der Waals surface area contributed by atoms with Crippen molar-refractivity contribution in [3.8, 4) is 0 Å². The van der Waals surface area contributed by atoms with Gasteiger partial charge in [0.15, 0.2) is 0 Å². The number of nitrogens with zero attached hydrogens (tertiary/aromatic N) is 1. The second-order valence-corrected chi connectivity index (χ2v) is 5.99. The van der Waals surface area contributed by atoms with Gasteiger partial charge in [0.1, 0.15) is 11.6 Å². The molecule has 0 aromatic heterocycles. The van der Waals surface area contributed by atoms with Crippen LogP contribution in [0.3, 0.4) is 0 Å². The van der Waals surface area contributed by atoms with Crippen LogP contribution in [0.2, 0.25) is 0 Å². The molecule has 3 rings (SSSR count). The van der Waals surface area contributed by atoms with E-state index in [1.54, 1.807) is 4.90 Å². The van der Waals surface area contributed by atoms with Gasteiger partial charge in [-0.15, -0.1) is 0 Å². The van der Waals surface area contributed by atoms with Crippen LogP contribution in [0.1, 0.15) is 18.4 Å². The minimum absolute atomic E-state index is 0.0641. The third kappa shape index (κ3) is 2.72. The van der Waals surface area contributed by atoms with E-state index in [1.807, 2.05) is 0 Å². The van der Waals surface area contributed by atoms with E-state index < -0.39 is 11.6 Å². The minimum atomic E-state index is -0.479. The summed E-state index contributed by atoms with van der Waals surface area (Å²) < 4.78 is 27.9. The van der Waals surface area contributed by atoms with E-state index >= 15 is 0 Å². The van der Waals surface area contributed by atoms with Crippen LogP contribution in [-0.2, 0) is 4.79 Å². The second-order valence-electron chi connectivity index (χ2n) is 5.99. The predicted octanol–water partition coefficient (Wildman–Crippen LogP) is 1.33. The van der Waals surface area contributed by atoms with Crippen LogP contribution < -0.4 is 15.5 Å². The smallest absolute Gasteiger partial charge is 0.240 e. The summed E-state index contributed by atoms with van der Waals surface area (Å²) in [6.45, 7) is 3.74. The number of halogens is 2. The molecule has 2 heterocycles. The lowest BCUT2D eigenvalue weighted by Gasteiger charge is -2.46. The molecule has 0 unspecified atom stereocenters. The Hall–Kier alpha value is -1.69. The molecule has 2 aliphatic rings. The summed E-state index contributed by atoms with van der Waals surface area (Å²) in [7, 11) is 0. The molecular formula is C15H19F2N3O. The summed E-state index contributed by atoms with van der Waals surface area (Å²) in [5, 5.41) is 6.29. The van der Waals surface area contributed by atoms with Gasteiger partial charge < -0.3 is 15.5 Å². The number of carbonyl (C=O) groups excluding carboxylic acids is 1. The Labute approximate surface area is 122 Å². The van der Waals surface area contributed by atoms with E-state index in [0.29, 0.717) is 6.54 Å². The standard InChI is InChI=1S/C15H19F2N3O/c1-10-6-12(17)13(7-11(10)16)20-8-14(21)19-15(9-20)2-4-18-5-3-15/h6-7,18H,2-5,8-9H2,1H3,(H,19,21). The lowest BCUT2D eigenvalue weighted by molar-refractivity contribution is -0.123. The van der Waals surface area contributed by atoms with Gasteiger partial charge in [-0.2, -0.15) is 0 Å². The number of carbonyl (C=O) groups is 1. The van der Waals surface area contributed by atoms with Crippen molar-refractivity contribution in [3.63, 3.8) is 0 Å². The first-order valence-corrected chi connectivity index (χ1v) is 7.21. The Kier molecular flexibility index (Phi) is 3.57. The number of piperazine rings is 1. The fourth-order valence-electron chi connectivity index (χ4n) is 3.21. The number of hydrogen-bond donors (Lipinski definition) is 2. The minimum Gasteiger partial charge on any atom is -0.357 e. The molecule has 2 fully saturated rings. The lowest BCUT2D eigenvalue weighted by Crippen LogP contribution is -2.66. The van der Waals surface area contributed by atoms with Crippen molar-refractivity contribution >= 4 is 11.6 Å². The van der Waals surface area contributed by atoms with Gasteiger partial charge in [0.2, 0.25) is 5.91 Å². The van der Waals surface area contributed by atoms with Crippen molar-refractivity contribution < 1.29 is 13.6 Å². The van der Waals surface area contributed by atoms with Gasteiger partial charge >= 0.3 is 0 Å². The maximum absolute atomic E-state index is 14.1. The molecule has 1 aromatic rings. The molecule has 21 heavy (non-hydrogen) atoms. The van der Waals surface area contributed by atoms with Gasteiger partial charge in [-0.3, -0.25) is 4.79 Å². The number of anilines is 1. The quantitative estimate of drug-likeness (QED) is 0.821. The fourth-order valence-corrected chi connectivity index (χ4v) is 3.21. The van der Waals surface area contributed by atoms with E-state index in [0.717, 1.165) is 25.9 Å². The van der Waals surface area contributed by atoms with Gasteiger partial charge in [-0.1, -0.05) is 0 Å². The number of aryl methyl sites for hydroxylation is 1. The van der Waals surface area contributed by atoms with Gasteiger partial charge in [0.05, 0.1) is 17.8 Å². The van der Waals surface area contributed by atoms with Crippen LogP contribution in [0.25, 0.3) is 0 Å². The number of amides is 1. The van der Waals surface area contributed by atoms with Crippen molar-refractivity contribution in [3.05, 3.63) is 29.3 Å². The summed E-state index contributed by atoms with van der Waals surface area (Å²) in [6, 6.07) is 2.38. The molecule has 0 bridgehead atoms. The van der Waals surface area contributed by atoms with Gasteiger partial charge in [0, 0.05) is 12.6 Å². The van der Waals surface area contributed by atoms with Crippen LogP contribution in [0.5, 0.6) is 0 Å². The van der Waals surface area contributed by atoms with Gasteiger partial charge in [-0.25, -0.2) is 8.78 Å². The molecule has 114 valence electrons. The van der Waals surface area contributed by atoms with Crippen molar-refractivity contribution in [1.29, 1.82) is 0 Å². The molecule has 1 aromatic carbocycles. The number of nitrogens with one attached hydrogen (secondary N) is 2. The first-order valence-electron chi connectivity index (χ1n) is 7.21. The van der Waals surface area contributed by atoms with E-state index in [1.165, 1.54) is 19.1 Å². The van der Waals surface area contributed by atoms with Crippen LogP contribution in [0.15, 0.2) is 12.1 Å². The molecule has 2 saturated heterocycles. The third-order valence-corrected chi connectivity index (χ3v) is 4.36. The van der Waals surface area contributed by atoms with E-state index in [9.17, 15) is 13.6 Å². The summed E-state index contributed by atoms with van der Waals surface area (Å²) in [6.07, 6.45) is 1.59. The monoisotopic (exact) mass is 295 g/mol. The van der Waals surface area contributed by atoms with E-state index in [4.69, 9.17) is 0 Å². The van der Waals surface area contributed by atoms with Crippen molar-refractivity contribution in [1.82, 2.24) is 10.6 Å². The molecule has 0 aliphatic carbocycles. The van der Waals surface area contributed by atoms with Crippen molar-refractivity contribution in [2.45, 2.75) is 25.3 Å². The highest BCUT2D eigenvalue weighted by molar-refractivity contribution is 5.84. The zero-order valence-corrected chi connectivity index (χ0v) is 12.0. The highest BCUT2D eigenvalue weighted by Crippen LogP contribution is 2.29. The first-order chi connectivity index (χ1) is 9.99. The molecule has 1 spiro atoms. The normalized spacial score (nSPS) is 21.5. The average molecular weight is 295 g/mol. The fraction of sp³-hybridized carbons (Fsp3) is 0.533. The Bertz CT molecular complexity index is 570. The predicted molar refractivity (Wildman–Crippen MR) is 76.3 cm³/mol. The Morgan fingerprint density at radius 2 is 1.90 bits per heavy atom. The summed E-state index contributed by atoms with van der Waals surface area (Å²) in [5.41, 5.74) is 0.106. The number of hydrogen-bond acceptors (Lipinski definition) is 3. The highest BCUT2D eigenvalue weighted by Gasteiger charge is 2.40. The molecule has 1 amide bonds. The third-order valence-electron chi connectivity index (χ3n) is 4.36. The number of rotatable bonds is 1. The zero-order valence-electron chi connectivity index (χ0n) is 12.0. The number of piperidine rings is 1. The molecular weight excluding hydrogens is 276 g/mol. The average Bonchev–Trinajstić information content (AvgIpc) is 2.42. The van der Waals surface area contributed by atoms with Crippen LogP contribution in [-0.4, -0.2) is 37.6 Å². The van der Waals surface area contributed by atoms with Gasteiger partial charge in [-0.05, 0) is 44.5 Å². The maximum atomic E-state index is 14.1. The van der Waals surface area contributed by atoms with Crippen LogP contribution >= 0.6 is 0 Å². The summed E-state index contributed by atoms with van der Waals surface area (Å²) in [4.78, 5) is 13.6. The van der Waals surface area contributed by atoms with Crippen molar-refractivity contribution in [2.75, 3.05) is 31.1 Å². The Balaban J connectivity index is 1.91. The van der Waals surface area contributed by atoms with Gasteiger partial charge in [0.25, 0.3) is 0 Å². The van der Waals surface area contributed by atoms with Crippen LogP contribution in [0.4, 0.5) is 14.5 Å². The largest absolute Gasteiger partial charge is 0.357 e. The molecule has 0 saturated carbocycles. The zero-order chi connectivity index (χ0) is 15.0. The van der Waals surface area contributed by atoms with E-state index in [-0.39, 0.29) is 29.2 Å². The summed E-state index contributed by atoms with van der Waals surface area (Å²) >= 11 is 0. The first kappa shape index (κ1) is 14.3. The maximum Gasteiger partial charge on any atom is 0.240 e. The SMILES string of the molecule is Cc1cc(F)c(N2CC(=O)NC3(CCNCC3)C2)cc1F. The molecule has 4 nitrogen and oxygen atoms in total. The highest BCUT2D eigenvalue weighted by atomic mass is 19.1. The molecule has 0 atom stereocenters. The summed E-state index contributed by atoms with van der Waals surface area (Å²) in [5.74, 6) is -1.06. The van der Waals surface area contributed by atoms with Crippen LogP contribution in [0, 0.1) is 18.6 Å². The Morgan fingerprint density at radius 1 is 1.19 bits per heavy atom.